The minimum absolute atomic E-state index is 0.00869. The first-order valence-electron chi connectivity index (χ1n) is 6.70. The lowest BCUT2D eigenvalue weighted by molar-refractivity contribution is 0.0742. The Bertz CT molecular complexity index is 610. The van der Waals surface area contributed by atoms with Gasteiger partial charge in [0.1, 0.15) is 0 Å². The van der Waals surface area contributed by atoms with Crippen LogP contribution in [0, 0.1) is 0 Å². The van der Waals surface area contributed by atoms with Crippen molar-refractivity contribution in [1.29, 1.82) is 0 Å². The van der Waals surface area contributed by atoms with Crippen LogP contribution >= 0.6 is 27.5 Å². The van der Waals surface area contributed by atoms with Crippen molar-refractivity contribution in [2.45, 2.75) is 18.3 Å². The molecule has 2 rings (SSSR count). The zero-order valence-corrected chi connectivity index (χ0v) is 14.4. The minimum atomic E-state index is -0.00869. The van der Waals surface area contributed by atoms with Gasteiger partial charge in [-0.15, -0.1) is 0 Å². The van der Waals surface area contributed by atoms with Gasteiger partial charge in [-0.1, -0.05) is 51.8 Å². The van der Waals surface area contributed by atoms with Crippen LogP contribution in [0.25, 0.3) is 0 Å². The van der Waals surface area contributed by atoms with Gasteiger partial charge >= 0.3 is 0 Å². The SMILES string of the molecule is CC(c1ccc(Cl)cc1)N(C)C(=O)c1ccc(CBr)cc1. The molecule has 2 nitrogen and oxygen atoms in total. The molecule has 0 fully saturated rings. The van der Waals surface area contributed by atoms with Crippen molar-refractivity contribution in [3.63, 3.8) is 0 Å². The van der Waals surface area contributed by atoms with Gasteiger partial charge in [0.25, 0.3) is 5.91 Å². The quantitative estimate of drug-likeness (QED) is 0.692. The van der Waals surface area contributed by atoms with Crippen LogP contribution < -0.4 is 0 Å². The highest BCUT2D eigenvalue weighted by Crippen LogP contribution is 2.22. The normalized spacial score (nSPS) is 12.0. The lowest BCUT2D eigenvalue weighted by Crippen LogP contribution is -2.29. The van der Waals surface area contributed by atoms with Crippen LogP contribution in [-0.4, -0.2) is 17.9 Å². The number of carbonyl (C=O) groups excluding carboxylic acids is 1. The van der Waals surface area contributed by atoms with Crippen LogP contribution in [0.3, 0.4) is 0 Å². The molecule has 1 atom stereocenters. The highest BCUT2D eigenvalue weighted by molar-refractivity contribution is 9.08. The van der Waals surface area contributed by atoms with Crippen LogP contribution in [0.5, 0.6) is 0 Å². The van der Waals surface area contributed by atoms with E-state index >= 15 is 0 Å². The van der Waals surface area contributed by atoms with E-state index in [1.165, 1.54) is 0 Å². The van der Waals surface area contributed by atoms with E-state index in [1.54, 1.807) is 4.90 Å². The Labute approximate surface area is 138 Å². The lowest BCUT2D eigenvalue weighted by Gasteiger charge is -2.25. The molecule has 0 aliphatic rings. The van der Waals surface area contributed by atoms with E-state index in [1.807, 2.05) is 62.5 Å². The fourth-order valence-corrected chi connectivity index (χ4v) is 2.58. The van der Waals surface area contributed by atoms with Crippen LogP contribution in [-0.2, 0) is 5.33 Å². The standard InChI is InChI=1S/C17H17BrClNO/c1-12(14-7-9-16(19)10-8-14)20(2)17(21)15-5-3-13(11-18)4-6-15/h3-10,12H,11H2,1-2H3. The van der Waals surface area contributed by atoms with Crippen molar-refractivity contribution in [2.24, 2.45) is 0 Å². The third-order valence-corrected chi connectivity index (χ3v) is 4.51. The third kappa shape index (κ3) is 3.86. The van der Waals surface area contributed by atoms with Crippen molar-refractivity contribution in [2.75, 3.05) is 7.05 Å². The van der Waals surface area contributed by atoms with Gasteiger partial charge in [-0.2, -0.15) is 0 Å². The van der Waals surface area contributed by atoms with Crippen LogP contribution in [0.4, 0.5) is 0 Å². The van der Waals surface area contributed by atoms with Gasteiger partial charge in [-0.05, 0) is 42.3 Å². The average Bonchev–Trinajstić information content (AvgIpc) is 2.53. The second-order valence-electron chi connectivity index (χ2n) is 4.97. The summed E-state index contributed by atoms with van der Waals surface area (Å²) in [6, 6.07) is 15.2. The number of benzene rings is 2. The maximum absolute atomic E-state index is 12.5. The molecular formula is C17H17BrClNO. The Hall–Kier alpha value is -1.32. The van der Waals surface area contributed by atoms with Crippen molar-refractivity contribution in [1.82, 2.24) is 4.90 Å². The molecule has 2 aromatic rings. The number of rotatable bonds is 4. The zero-order chi connectivity index (χ0) is 15.4. The molecule has 1 amide bonds. The first kappa shape index (κ1) is 16.1. The van der Waals surface area contributed by atoms with E-state index in [2.05, 4.69) is 15.9 Å². The summed E-state index contributed by atoms with van der Waals surface area (Å²) in [4.78, 5) is 14.3. The summed E-state index contributed by atoms with van der Waals surface area (Å²) < 4.78 is 0. The summed E-state index contributed by atoms with van der Waals surface area (Å²) in [7, 11) is 1.82. The number of alkyl halides is 1. The van der Waals surface area contributed by atoms with Crippen molar-refractivity contribution in [3.05, 3.63) is 70.2 Å². The molecule has 0 aromatic heterocycles. The van der Waals surface area contributed by atoms with Crippen LogP contribution in [0.1, 0.15) is 34.5 Å². The monoisotopic (exact) mass is 365 g/mol. The summed E-state index contributed by atoms with van der Waals surface area (Å²) in [5.41, 5.74) is 2.91. The van der Waals surface area contributed by atoms with Gasteiger partial charge in [0.2, 0.25) is 0 Å². The minimum Gasteiger partial charge on any atom is -0.335 e. The second-order valence-corrected chi connectivity index (χ2v) is 5.97. The highest BCUT2D eigenvalue weighted by Gasteiger charge is 2.18. The largest absolute Gasteiger partial charge is 0.335 e. The Morgan fingerprint density at radius 3 is 2.24 bits per heavy atom. The summed E-state index contributed by atoms with van der Waals surface area (Å²) in [6.07, 6.45) is 0. The number of carbonyl (C=O) groups is 1. The number of amides is 1. The molecule has 2 aromatic carbocycles. The summed E-state index contributed by atoms with van der Waals surface area (Å²) in [5, 5.41) is 1.49. The van der Waals surface area contributed by atoms with Gasteiger partial charge in [-0.25, -0.2) is 0 Å². The lowest BCUT2D eigenvalue weighted by atomic mass is 10.1. The highest BCUT2D eigenvalue weighted by atomic mass is 79.9. The Balaban J connectivity index is 2.15. The molecule has 0 saturated carbocycles. The zero-order valence-electron chi connectivity index (χ0n) is 12.0. The maximum atomic E-state index is 12.5. The summed E-state index contributed by atoms with van der Waals surface area (Å²) in [5.74, 6) is 0.0126. The molecule has 0 bridgehead atoms. The van der Waals surface area contributed by atoms with Gasteiger partial charge in [0, 0.05) is 23.0 Å². The molecular weight excluding hydrogens is 350 g/mol. The molecule has 0 N–H and O–H groups in total. The molecule has 1 unspecified atom stereocenters. The van der Waals surface area contributed by atoms with E-state index < -0.39 is 0 Å². The smallest absolute Gasteiger partial charge is 0.254 e. The topological polar surface area (TPSA) is 20.3 Å². The van der Waals surface area contributed by atoms with Crippen LogP contribution in [0.2, 0.25) is 5.02 Å². The average molecular weight is 367 g/mol. The first-order valence-corrected chi connectivity index (χ1v) is 8.20. The van der Waals surface area contributed by atoms with Crippen LogP contribution in [0.15, 0.2) is 48.5 Å². The second kappa shape index (κ2) is 7.10. The fraction of sp³-hybridized carbons (Fsp3) is 0.235. The molecule has 0 saturated heterocycles. The Morgan fingerprint density at radius 2 is 1.71 bits per heavy atom. The maximum Gasteiger partial charge on any atom is 0.254 e. The predicted molar refractivity (Wildman–Crippen MR) is 91.0 cm³/mol. The van der Waals surface area contributed by atoms with E-state index in [0.29, 0.717) is 10.6 Å². The molecule has 0 heterocycles. The first-order chi connectivity index (χ1) is 10.0. The van der Waals surface area contributed by atoms with Crippen molar-refractivity contribution in [3.8, 4) is 0 Å². The van der Waals surface area contributed by atoms with E-state index in [-0.39, 0.29) is 11.9 Å². The van der Waals surface area contributed by atoms with Gasteiger partial charge in [-0.3, -0.25) is 4.79 Å². The molecule has 21 heavy (non-hydrogen) atoms. The van der Waals surface area contributed by atoms with E-state index in [4.69, 9.17) is 11.6 Å². The molecule has 0 aliphatic carbocycles. The molecule has 0 aliphatic heterocycles. The third-order valence-electron chi connectivity index (χ3n) is 3.61. The Morgan fingerprint density at radius 1 is 1.14 bits per heavy atom. The summed E-state index contributed by atoms with van der Waals surface area (Å²) in [6.45, 7) is 2.01. The van der Waals surface area contributed by atoms with Gasteiger partial charge in [0.15, 0.2) is 0 Å². The van der Waals surface area contributed by atoms with Gasteiger partial charge in [0.05, 0.1) is 6.04 Å². The molecule has 110 valence electrons. The van der Waals surface area contributed by atoms with Gasteiger partial charge < -0.3 is 4.90 Å². The number of halogens is 2. The fourth-order valence-electron chi connectivity index (χ4n) is 2.08. The molecule has 0 radical (unpaired) electrons. The van der Waals surface area contributed by atoms with Crippen molar-refractivity contribution < 1.29 is 4.79 Å². The molecule has 4 heteroatoms. The van der Waals surface area contributed by atoms with Crippen molar-refractivity contribution >= 4 is 33.4 Å². The Kier molecular flexibility index (Phi) is 5.43. The summed E-state index contributed by atoms with van der Waals surface area (Å²) >= 11 is 9.30. The van der Waals surface area contributed by atoms with E-state index in [0.717, 1.165) is 16.5 Å². The van der Waals surface area contributed by atoms with E-state index in [9.17, 15) is 4.79 Å². The molecule has 0 spiro atoms. The number of hydrogen-bond donors (Lipinski definition) is 0. The predicted octanol–water partition coefficient (Wildman–Crippen LogP) is 5.07. The number of hydrogen-bond acceptors (Lipinski definition) is 1. The number of nitrogens with zero attached hydrogens (tertiary/aromatic N) is 1.